The van der Waals surface area contributed by atoms with Crippen molar-refractivity contribution in [3.63, 3.8) is 0 Å². The van der Waals surface area contributed by atoms with Crippen LogP contribution in [-0.2, 0) is 6.42 Å². The molecule has 0 atom stereocenters. The average Bonchev–Trinajstić information content (AvgIpc) is 2.37. The lowest BCUT2D eigenvalue weighted by Gasteiger charge is -2.09. The summed E-state index contributed by atoms with van der Waals surface area (Å²) in [5.41, 5.74) is 0.481. The van der Waals surface area contributed by atoms with Crippen LogP contribution in [0.1, 0.15) is 12.7 Å². The fraction of sp³-hybridized carbons (Fsp3) is 0.286. The van der Waals surface area contributed by atoms with Gasteiger partial charge in [0.25, 0.3) is 5.24 Å². The Labute approximate surface area is 115 Å². The molecule has 0 saturated carbocycles. The Kier molecular flexibility index (Phi) is 3.95. The second-order valence-electron chi connectivity index (χ2n) is 4.35. The van der Waals surface area contributed by atoms with Gasteiger partial charge < -0.3 is 9.32 Å². The number of hydrogen-bond donors (Lipinski definition) is 0. The topological polar surface area (TPSA) is 50.5 Å². The third-order valence-electron chi connectivity index (χ3n) is 2.67. The van der Waals surface area contributed by atoms with Crippen molar-refractivity contribution in [1.82, 2.24) is 4.90 Å². The van der Waals surface area contributed by atoms with Gasteiger partial charge in [-0.25, -0.2) is 0 Å². The first-order valence-electron chi connectivity index (χ1n) is 5.97. The van der Waals surface area contributed by atoms with E-state index in [4.69, 9.17) is 4.42 Å². The van der Waals surface area contributed by atoms with E-state index in [9.17, 15) is 9.59 Å². The summed E-state index contributed by atoms with van der Waals surface area (Å²) in [5.74, 6) is 0.651. The Morgan fingerprint density at radius 3 is 2.68 bits per heavy atom. The normalized spacial score (nSPS) is 10.7. The Morgan fingerprint density at radius 1 is 1.32 bits per heavy atom. The van der Waals surface area contributed by atoms with E-state index in [1.165, 1.54) is 11.0 Å². The first kappa shape index (κ1) is 13.7. The van der Waals surface area contributed by atoms with Gasteiger partial charge in [-0.15, -0.1) is 0 Å². The predicted molar refractivity (Wildman–Crippen MR) is 76.8 cm³/mol. The minimum Gasteiger partial charge on any atom is -0.461 e. The van der Waals surface area contributed by atoms with Crippen LogP contribution in [0.2, 0.25) is 0 Å². The molecular weight excluding hydrogens is 262 g/mol. The maximum atomic E-state index is 11.9. The fourth-order valence-corrected chi connectivity index (χ4v) is 2.30. The maximum Gasteiger partial charge on any atom is 0.285 e. The van der Waals surface area contributed by atoms with Crippen LogP contribution in [0.5, 0.6) is 0 Å². The minimum absolute atomic E-state index is 0.0476. The molecule has 0 N–H and O–H groups in total. The van der Waals surface area contributed by atoms with Crippen LogP contribution >= 0.6 is 11.8 Å². The summed E-state index contributed by atoms with van der Waals surface area (Å²) in [6, 6.07) is 6.71. The summed E-state index contributed by atoms with van der Waals surface area (Å²) in [7, 11) is 3.40. The summed E-state index contributed by atoms with van der Waals surface area (Å²) >= 11 is 1.11. The van der Waals surface area contributed by atoms with Crippen molar-refractivity contribution >= 4 is 28.0 Å². The van der Waals surface area contributed by atoms with E-state index in [0.29, 0.717) is 23.2 Å². The Balaban J connectivity index is 2.45. The number of aryl methyl sites for hydroxylation is 1. The van der Waals surface area contributed by atoms with Gasteiger partial charge >= 0.3 is 0 Å². The van der Waals surface area contributed by atoms with Crippen molar-refractivity contribution in [2.75, 3.05) is 14.1 Å². The van der Waals surface area contributed by atoms with E-state index in [1.807, 2.05) is 6.92 Å². The van der Waals surface area contributed by atoms with Gasteiger partial charge in [-0.3, -0.25) is 9.59 Å². The van der Waals surface area contributed by atoms with Crippen molar-refractivity contribution < 1.29 is 9.21 Å². The zero-order valence-corrected chi connectivity index (χ0v) is 11.9. The van der Waals surface area contributed by atoms with Gasteiger partial charge in [0.05, 0.1) is 5.39 Å². The van der Waals surface area contributed by atoms with Crippen molar-refractivity contribution in [2.45, 2.75) is 18.2 Å². The van der Waals surface area contributed by atoms with Gasteiger partial charge in [0.15, 0.2) is 5.43 Å². The molecule has 1 heterocycles. The number of benzene rings is 1. The summed E-state index contributed by atoms with van der Waals surface area (Å²) in [4.78, 5) is 25.8. The van der Waals surface area contributed by atoms with E-state index in [-0.39, 0.29) is 10.7 Å². The molecule has 0 fully saturated rings. The van der Waals surface area contributed by atoms with Crippen molar-refractivity contribution in [3.8, 4) is 0 Å². The van der Waals surface area contributed by atoms with Gasteiger partial charge in [-0.05, 0) is 30.0 Å². The molecule has 0 aliphatic rings. The number of fused-ring (bicyclic) bond motifs is 1. The standard InChI is InChI=1S/C14H15NO3S/c1-4-9-7-12(16)11-6-5-10(8-13(11)18-9)19-14(17)15(2)3/h5-8H,4H2,1-3H3. The molecule has 1 aromatic carbocycles. The minimum atomic E-state index is -0.0617. The van der Waals surface area contributed by atoms with E-state index >= 15 is 0 Å². The van der Waals surface area contributed by atoms with Crippen molar-refractivity contribution in [2.24, 2.45) is 0 Å². The molecule has 4 nitrogen and oxygen atoms in total. The lowest BCUT2D eigenvalue weighted by molar-refractivity contribution is 0.241. The molecule has 2 rings (SSSR count). The molecule has 100 valence electrons. The Bertz CT molecular complexity index is 676. The van der Waals surface area contributed by atoms with E-state index in [0.717, 1.165) is 16.7 Å². The number of amides is 1. The van der Waals surface area contributed by atoms with E-state index in [2.05, 4.69) is 0 Å². The number of nitrogens with zero attached hydrogens (tertiary/aromatic N) is 1. The van der Waals surface area contributed by atoms with Crippen LogP contribution in [-0.4, -0.2) is 24.2 Å². The molecule has 5 heteroatoms. The van der Waals surface area contributed by atoms with Crippen LogP contribution in [0, 0.1) is 0 Å². The second-order valence-corrected chi connectivity index (χ2v) is 5.38. The monoisotopic (exact) mass is 277 g/mol. The van der Waals surface area contributed by atoms with Crippen LogP contribution in [0.15, 0.2) is 38.4 Å². The highest BCUT2D eigenvalue weighted by Crippen LogP contribution is 2.24. The lowest BCUT2D eigenvalue weighted by atomic mass is 10.2. The van der Waals surface area contributed by atoms with Gasteiger partial charge in [0, 0.05) is 31.5 Å². The summed E-state index contributed by atoms with van der Waals surface area (Å²) < 4.78 is 5.64. The Morgan fingerprint density at radius 2 is 2.05 bits per heavy atom. The molecule has 1 aromatic heterocycles. The highest BCUT2D eigenvalue weighted by Gasteiger charge is 2.09. The van der Waals surface area contributed by atoms with E-state index in [1.54, 1.807) is 32.3 Å². The Hall–Kier alpha value is -1.75. The van der Waals surface area contributed by atoms with Crippen molar-refractivity contribution in [1.29, 1.82) is 0 Å². The molecule has 0 saturated heterocycles. The number of rotatable bonds is 2. The van der Waals surface area contributed by atoms with Gasteiger partial charge in [-0.1, -0.05) is 6.92 Å². The smallest absolute Gasteiger partial charge is 0.285 e. The summed E-state index contributed by atoms with van der Waals surface area (Å²) in [6.45, 7) is 1.93. The van der Waals surface area contributed by atoms with Crippen LogP contribution < -0.4 is 5.43 Å². The lowest BCUT2D eigenvalue weighted by Crippen LogP contribution is -2.16. The van der Waals surface area contributed by atoms with Gasteiger partial charge in [0.2, 0.25) is 0 Å². The second kappa shape index (κ2) is 5.48. The molecule has 1 amide bonds. The first-order chi connectivity index (χ1) is 9.01. The molecular formula is C14H15NO3S. The number of carbonyl (C=O) groups excluding carboxylic acids is 1. The largest absolute Gasteiger partial charge is 0.461 e. The zero-order chi connectivity index (χ0) is 14.0. The first-order valence-corrected chi connectivity index (χ1v) is 6.79. The molecule has 19 heavy (non-hydrogen) atoms. The highest BCUT2D eigenvalue weighted by atomic mass is 32.2. The van der Waals surface area contributed by atoms with Crippen molar-refractivity contribution in [3.05, 3.63) is 40.2 Å². The average molecular weight is 277 g/mol. The quantitative estimate of drug-likeness (QED) is 0.791. The highest BCUT2D eigenvalue weighted by molar-refractivity contribution is 8.13. The number of carbonyl (C=O) groups is 1. The molecule has 0 aliphatic heterocycles. The van der Waals surface area contributed by atoms with Gasteiger partial charge in [-0.2, -0.15) is 0 Å². The summed E-state index contributed by atoms with van der Waals surface area (Å²) in [5, 5.41) is 0.479. The van der Waals surface area contributed by atoms with Crippen LogP contribution in [0.4, 0.5) is 4.79 Å². The molecule has 0 radical (unpaired) electrons. The zero-order valence-electron chi connectivity index (χ0n) is 11.1. The predicted octanol–water partition coefficient (Wildman–Crippen LogP) is 3.13. The van der Waals surface area contributed by atoms with Crippen LogP contribution in [0.3, 0.4) is 0 Å². The SMILES string of the molecule is CCc1cc(=O)c2ccc(SC(=O)N(C)C)cc2o1. The third-order valence-corrected chi connectivity index (χ3v) is 3.70. The molecule has 0 unspecified atom stereocenters. The van der Waals surface area contributed by atoms with Gasteiger partial charge in [0.1, 0.15) is 11.3 Å². The molecule has 0 bridgehead atoms. The molecule has 0 aliphatic carbocycles. The van der Waals surface area contributed by atoms with Crippen LogP contribution in [0.25, 0.3) is 11.0 Å². The number of thioether (sulfide) groups is 1. The maximum absolute atomic E-state index is 11.9. The fourth-order valence-electron chi connectivity index (χ4n) is 1.62. The number of hydrogen-bond acceptors (Lipinski definition) is 4. The summed E-state index contributed by atoms with van der Waals surface area (Å²) in [6.07, 6.45) is 0.666. The third kappa shape index (κ3) is 2.98. The van der Waals surface area contributed by atoms with E-state index < -0.39 is 0 Å². The molecule has 0 spiro atoms. The molecule has 2 aromatic rings.